The molecule has 0 aromatic rings. The number of nitrogens with two attached hydrogens (primary N) is 1. The summed E-state index contributed by atoms with van der Waals surface area (Å²) in [4.78, 5) is 11.8. The van der Waals surface area contributed by atoms with Gasteiger partial charge in [-0.05, 0) is 0 Å². The van der Waals surface area contributed by atoms with Crippen LogP contribution in [0.3, 0.4) is 0 Å². The van der Waals surface area contributed by atoms with Crippen LogP contribution in [0.4, 0.5) is 4.79 Å². The second-order valence-electron chi connectivity index (χ2n) is 1.69. The molecule has 0 atom stereocenters. The van der Waals surface area contributed by atoms with Gasteiger partial charge in [0.15, 0.2) is 0 Å². The number of carbonyl (C=O) groups is 1. The van der Waals surface area contributed by atoms with Gasteiger partial charge in [-0.2, -0.15) is 0 Å². The van der Waals surface area contributed by atoms with Crippen molar-refractivity contribution in [2.45, 2.75) is 0 Å². The fourth-order valence-corrected chi connectivity index (χ4v) is 0.594. The number of rotatable bonds is 0. The minimum Gasteiger partial charge on any atom is -0.498 e. The van der Waals surface area contributed by atoms with Gasteiger partial charge in [0, 0.05) is 6.20 Å². The van der Waals surface area contributed by atoms with Crippen LogP contribution in [0.25, 0.3) is 0 Å². The van der Waals surface area contributed by atoms with Crippen molar-refractivity contribution in [2.75, 3.05) is 13.2 Å². The molecule has 0 unspecified atom stereocenters. The first kappa shape index (κ1) is 9.10. The number of urea groups is 1. The smallest absolute Gasteiger partial charge is 0.319 e. The maximum absolute atomic E-state index is 10.4. The van der Waals surface area contributed by atoms with Crippen molar-refractivity contribution in [3.8, 4) is 0 Å². The van der Waals surface area contributed by atoms with Crippen molar-refractivity contribution in [3.63, 3.8) is 0 Å². The molecule has 0 radical (unpaired) electrons. The van der Waals surface area contributed by atoms with Crippen LogP contribution in [-0.2, 0) is 4.74 Å². The fourth-order valence-electron chi connectivity index (χ4n) is 0.594. The quantitative estimate of drug-likeness (QED) is 0.560. The molecule has 0 spiro atoms. The van der Waals surface area contributed by atoms with Crippen LogP contribution in [0.2, 0.25) is 0 Å². The lowest BCUT2D eigenvalue weighted by Gasteiger charge is -2.18. The van der Waals surface area contributed by atoms with Crippen molar-refractivity contribution < 1.29 is 9.53 Å². The molecule has 0 aromatic carbocycles. The van der Waals surface area contributed by atoms with E-state index in [1.54, 1.807) is 0 Å². The molecule has 0 bridgehead atoms. The molecule has 0 aromatic heterocycles. The van der Waals surface area contributed by atoms with Gasteiger partial charge in [0.1, 0.15) is 6.61 Å². The summed E-state index contributed by atoms with van der Waals surface area (Å²) < 4.78 is 4.82. The predicted molar refractivity (Wildman–Crippen MR) is 38.6 cm³/mol. The molecule has 1 heterocycles. The third kappa shape index (κ3) is 2.14. The van der Waals surface area contributed by atoms with E-state index in [1.165, 1.54) is 17.4 Å². The van der Waals surface area contributed by atoms with Gasteiger partial charge in [-0.25, -0.2) is 4.79 Å². The van der Waals surface area contributed by atoms with Crippen molar-refractivity contribution >= 4 is 18.4 Å². The second-order valence-corrected chi connectivity index (χ2v) is 1.69. The first-order valence-corrected chi connectivity index (χ1v) is 2.65. The van der Waals surface area contributed by atoms with Gasteiger partial charge in [-0.15, -0.1) is 12.4 Å². The number of halogens is 1. The monoisotopic (exact) mass is 164 g/mol. The number of ether oxygens (including phenoxy) is 1. The Hall–Kier alpha value is -0.900. The molecular formula is C5H9ClN2O2. The van der Waals surface area contributed by atoms with Gasteiger partial charge < -0.3 is 10.5 Å². The van der Waals surface area contributed by atoms with Crippen molar-refractivity contribution in [3.05, 3.63) is 12.5 Å². The highest BCUT2D eigenvalue weighted by atomic mass is 35.5. The Morgan fingerprint density at radius 1 is 1.70 bits per heavy atom. The highest BCUT2D eigenvalue weighted by molar-refractivity contribution is 5.85. The summed E-state index contributed by atoms with van der Waals surface area (Å²) in [6, 6.07) is -0.436. The molecule has 2 N–H and O–H groups in total. The molecule has 1 aliphatic rings. The molecule has 1 rings (SSSR count). The van der Waals surface area contributed by atoms with Crippen molar-refractivity contribution in [2.24, 2.45) is 5.73 Å². The van der Waals surface area contributed by atoms with E-state index in [0.29, 0.717) is 13.2 Å². The summed E-state index contributed by atoms with van der Waals surface area (Å²) >= 11 is 0. The van der Waals surface area contributed by atoms with E-state index in [0.717, 1.165) is 0 Å². The number of primary amides is 1. The van der Waals surface area contributed by atoms with E-state index < -0.39 is 6.03 Å². The van der Waals surface area contributed by atoms with Crippen molar-refractivity contribution in [1.29, 1.82) is 0 Å². The Bertz CT molecular complexity index is 149. The van der Waals surface area contributed by atoms with Crippen LogP contribution in [0.1, 0.15) is 0 Å². The number of nitrogens with zero attached hydrogens (tertiary/aromatic N) is 1. The Morgan fingerprint density at radius 3 is 2.70 bits per heavy atom. The standard InChI is InChI=1S/C5H8N2O2.ClH/c6-5(8)7-1-3-9-4-2-7;/h1,3H,2,4H2,(H2,6,8);1H. The van der Waals surface area contributed by atoms with Crippen LogP contribution < -0.4 is 5.73 Å². The zero-order chi connectivity index (χ0) is 6.69. The van der Waals surface area contributed by atoms with Gasteiger partial charge >= 0.3 is 6.03 Å². The van der Waals surface area contributed by atoms with Crippen LogP contribution in [0.5, 0.6) is 0 Å². The Balaban J connectivity index is 0.000000810. The summed E-state index contributed by atoms with van der Waals surface area (Å²) in [5.41, 5.74) is 4.95. The fraction of sp³-hybridized carbons (Fsp3) is 0.400. The molecule has 0 saturated heterocycles. The van der Waals surface area contributed by atoms with E-state index >= 15 is 0 Å². The first-order valence-electron chi connectivity index (χ1n) is 2.65. The largest absolute Gasteiger partial charge is 0.498 e. The van der Waals surface area contributed by atoms with E-state index in [4.69, 9.17) is 10.5 Å². The zero-order valence-electron chi connectivity index (χ0n) is 5.32. The van der Waals surface area contributed by atoms with E-state index in [1.807, 2.05) is 0 Å². The third-order valence-electron chi connectivity index (χ3n) is 1.07. The highest BCUT2D eigenvalue weighted by Gasteiger charge is 2.07. The number of carbonyl (C=O) groups excluding carboxylic acids is 1. The Morgan fingerprint density at radius 2 is 2.40 bits per heavy atom. The van der Waals surface area contributed by atoms with Crippen LogP contribution in [0.15, 0.2) is 12.5 Å². The molecule has 0 fully saturated rings. The third-order valence-corrected chi connectivity index (χ3v) is 1.07. The summed E-state index contributed by atoms with van der Waals surface area (Å²) in [6.45, 7) is 1.07. The molecule has 58 valence electrons. The van der Waals surface area contributed by atoms with Crippen LogP contribution in [-0.4, -0.2) is 24.1 Å². The SMILES string of the molecule is Cl.NC(=O)N1C=COCC1. The van der Waals surface area contributed by atoms with Gasteiger partial charge in [0.25, 0.3) is 0 Å². The zero-order valence-corrected chi connectivity index (χ0v) is 6.13. The van der Waals surface area contributed by atoms with Gasteiger partial charge in [-0.1, -0.05) is 0 Å². The van der Waals surface area contributed by atoms with E-state index in [2.05, 4.69) is 0 Å². The van der Waals surface area contributed by atoms with Gasteiger partial charge in [0.05, 0.1) is 12.8 Å². The Labute approximate surface area is 65.0 Å². The number of amides is 2. The minimum absolute atomic E-state index is 0. The lowest BCUT2D eigenvalue weighted by atomic mass is 10.5. The van der Waals surface area contributed by atoms with Gasteiger partial charge in [0.2, 0.25) is 0 Å². The molecule has 0 aliphatic carbocycles. The maximum Gasteiger partial charge on any atom is 0.319 e. The van der Waals surface area contributed by atoms with E-state index in [-0.39, 0.29) is 12.4 Å². The Kier molecular flexibility index (Phi) is 3.64. The van der Waals surface area contributed by atoms with E-state index in [9.17, 15) is 4.79 Å². The molecule has 10 heavy (non-hydrogen) atoms. The van der Waals surface area contributed by atoms with Crippen molar-refractivity contribution in [1.82, 2.24) is 4.90 Å². The molecular weight excluding hydrogens is 156 g/mol. The molecule has 1 aliphatic heterocycles. The summed E-state index contributed by atoms with van der Waals surface area (Å²) in [7, 11) is 0. The van der Waals surface area contributed by atoms with Gasteiger partial charge in [-0.3, -0.25) is 4.90 Å². The van der Waals surface area contributed by atoms with Crippen LogP contribution in [0, 0.1) is 0 Å². The molecule has 0 saturated carbocycles. The average Bonchev–Trinajstić information content (AvgIpc) is 1.90. The van der Waals surface area contributed by atoms with Crippen LogP contribution >= 0.6 is 12.4 Å². The normalized spacial score (nSPS) is 15.4. The highest BCUT2D eigenvalue weighted by Crippen LogP contribution is 1.95. The second kappa shape index (κ2) is 4.00. The topological polar surface area (TPSA) is 55.6 Å². The average molecular weight is 165 g/mol. The predicted octanol–water partition coefficient (Wildman–Crippen LogP) is 0.290. The molecule has 5 heteroatoms. The number of hydrogen-bond acceptors (Lipinski definition) is 2. The number of hydrogen-bond donors (Lipinski definition) is 1. The molecule has 4 nitrogen and oxygen atoms in total. The maximum atomic E-state index is 10.4. The lowest BCUT2D eigenvalue weighted by Crippen LogP contribution is -2.35. The summed E-state index contributed by atoms with van der Waals surface area (Å²) in [5, 5.41) is 0. The molecule has 2 amide bonds. The minimum atomic E-state index is -0.436. The summed E-state index contributed by atoms with van der Waals surface area (Å²) in [6.07, 6.45) is 2.97. The first-order chi connectivity index (χ1) is 4.30. The summed E-state index contributed by atoms with van der Waals surface area (Å²) in [5.74, 6) is 0. The lowest BCUT2D eigenvalue weighted by molar-refractivity contribution is 0.173.